The van der Waals surface area contributed by atoms with E-state index in [1.54, 1.807) is 30.3 Å². The number of hydrogen-bond acceptors (Lipinski definition) is 6. The number of nitrogens with zero attached hydrogens (tertiary/aromatic N) is 2. The van der Waals surface area contributed by atoms with Crippen LogP contribution in [0.15, 0.2) is 88.3 Å². The van der Waals surface area contributed by atoms with E-state index in [1.807, 2.05) is 49.4 Å². The van der Waals surface area contributed by atoms with Crippen molar-refractivity contribution in [3.05, 3.63) is 118 Å². The van der Waals surface area contributed by atoms with Crippen LogP contribution in [0.5, 0.6) is 0 Å². The van der Waals surface area contributed by atoms with Gasteiger partial charge in [0.05, 0.1) is 16.5 Å². The summed E-state index contributed by atoms with van der Waals surface area (Å²) in [5.41, 5.74) is 4.01. The maximum absolute atomic E-state index is 12.8. The van der Waals surface area contributed by atoms with Gasteiger partial charge in [-0.15, -0.1) is 0 Å². The van der Waals surface area contributed by atoms with Crippen molar-refractivity contribution in [2.75, 3.05) is 0 Å². The first-order chi connectivity index (χ1) is 16.6. The summed E-state index contributed by atoms with van der Waals surface area (Å²) >= 11 is 0. The molecule has 0 saturated carbocycles. The number of rotatable bonds is 6. The van der Waals surface area contributed by atoms with Crippen LogP contribution < -0.4 is 5.56 Å². The molecule has 7 heteroatoms. The van der Waals surface area contributed by atoms with Gasteiger partial charge in [0.15, 0.2) is 0 Å². The third-order valence-electron chi connectivity index (χ3n) is 5.46. The van der Waals surface area contributed by atoms with E-state index in [-0.39, 0.29) is 18.6 Å². The van der Waals surface area contributed by atoms with Crippen LogP contribution >= 0.6 is 0 Å². The van der Waals surface area contributed by atoms with Crippen molar-refractivity contribution in [2.24, 2.45) is 0 Å². The first-order valence-corrected chi connectivity index (χ1v) is 10.8. The van der Waals surface area contributed by atoms with Crippen LogP contribution in [0, 0.1) is 6.92 Å². The zero-order chi connectivity index (χ0) is 23.5. The molecule has 3 aromatic carbocycles. The molecular formula is C27H21N3O4. The topological polar surface area (TPSA) is 98.1 Å². The molecule has 168 valence electrons. The van der Waals surface area contributed by atoms with Gasteiger partial charge in [-0.2, -0.15) is 0 Å². The molecule has 0 atom stereocenters. The summed E-state index contributed by atoms with van der Waals surface area (Å²) in [4.78, 5) is 37.0. The van der Waals surface area contributed by atoms with Crippen LogP contribution in [0.1, 0.15) is 33.0 Å². The minimum absolute atomic E-state index is 0.0203. The second-order valence-electron chi connectivity index (χ2n) is 7.95. The van der Waals surface area contributed by atoms with E-state index in [1.165, 1.54) is 6.26 Å². The number of aryl methyl sites for hydroxylation is 1. The van der Waals surface area contributed by atoms with Crippen molar-refractivity contribution in [3.63, 3.8) is 0 Å². The average Bonchev–Trinajstić information content (AvgIpc) is 3.32. The third-order valence-corrected chi connectivity index (χ3v) is 5.46. The Morgan fingerprint density at radius 3 is 2.59 bits per heavy atom. The Balaban J connectivity index is 1.31. The molecule has 0 spiro atoms. The minimum atomic E-state index is -0.487. The fourth-order valence-corrected chi connectivity index (χ4v) is 3.69. The Morgan fingerprint density at radius 2 is 1.74 bits per heavy atom. The summed E-state index contributed by atoms with van der Waals surface area (Å²) in [5, 5.41) is 0.525. The highest BCUT2D eigenvalue weighted by atomic mass is 16.5. The van der Waals surface area contributed by atoms with Gasteiger partial charge < -0.3 is 14.1 Å². The number of esters is 1. The SMILES string of the molecule is Cc1ccc(-c2nc(COC(=O)c3ccccc3Cc3nc4ccccc4c(=O)[nH]3)co2)cc1. The van der Waals surface area contributed by atoms with Crippen molar-refractivity contribution in [2.45, 2.75) is 20.0 Å². The number of oxazole rings is 1. The molecule has 34 heavy (non-hydrogen) atoms. The molecule has 0 radical (unpaired) electrons. The molecule has 0 saturated heterocycles. The molecule has 0 aliphatic carbocycles. The smallest absolute Gasteiger partial charge is 0.338 e. The van der Waals surface area contributed by atoms with Crippen molar-refractivity contribution < 1.29 is 13.9 Å². The summed E-state index contributed by atoms with van der Waals surface area (Å²) in [6, 6.07) is 22.1. The monoisotopic (exact) mass is 451 g/mol. The van der Waals surface area contributed by atoms with E-state index in [0.29, 0.717) is 39.4 Å². The van der Waals surface area contributed by atoms with Gasteiger partial charge in [-0.25, -0.2) is 14.8 Å². The lowest BCUT2D eigenvalue weighted by atomic mass is 10.0. The van der Waals surface area contributed by atoms with Gasteiger partial charge >= 0.3 is 5.97 Å². The number of fused-ring (bicyclic) bond motifs is 1. The lowest BCUT2D eigenvalue weighted by Crippen LogP contribution is -2.14. The van der Waals surface area contributed by atoms with Gasteiger partial charge in [-0.3, -0.25) is 4.79 Å². The molecule has 0 aliphatic rings. The fraction of sp³-hybridized carbons (Fsp3) is 0.111. The van der Waals surface area contributed by atoms with Crippen LogP contribution in [0.25, 0.3) is 22.4 Å². The van der Waals surface area contributed by atoms with Gasteiger partial charge in [-0.1, -0.05) is 48.0 Å². The number of benzene rings is 3. The Morgan fingerprint density at radius 1 is 0.971 bits per heavy atom. The van der Waals surface area contributed by atoms with Gasteiger partial charge in [-0.05, 0) is 42.8 Å². The second kappa shape index (κ2) is 9.15. The van der Waals surface area contributed by atoms with E-state index in [4.69, 9.17) is 9.15 Å². The molecule has 0 unspecified atom stereocenters. The predicted octanol–water partition coefficient (Wildman–Crippen LogP) is 4.83. The Hall–Kier alpha value is -4.52. The van der Waals surface area contributed by atoms with Gasteiger partial charge in [0.1, 0.15) is 24.4 Å². The molecule has 7 nitrogen and oxygen atoms in total. The quantitative estimate of drug-likeness (QED) is 0.371. The lowest BCUT2D eigenvalue weighted by molar-refractivity contribution is 0.0466. The molecule has 5 aromatic rings. The van der Waals surface area contributed by atoms with E-state index in [0.717, 1.165) is 11.1 Å². The molecule has 2 aromatic heterocycles. The standard InChI is InChI=1S/C27H21N3O4/c1-17-10-12-18(13-11-17)26-28-20(15-33-26)16-34-27(32)21-7-3-2-6-19(21)14-24-29-23-9-5-4-8-22(23)25(31)30-24/h2-13,15H,14,16H2,1H3,(H,29,30,31). The van der Waals surface area contributed by atoms with Crippen LogP contribution in [0.3, 0.4) is 0 Å². The van der Waals surface area contributed by atoms with E-state index in [2.05, 4.69) is 15.0 Å². The van der Waals surface area contributed by atoms with Crippen LogP contribution in [-0.4, -0.2) is 20.9 Å². The average molecular weight is 451 g/mol. The minimum Gasteiger partial charge on any atom is -0.455 e. The molecule has 0 aliphatic heterocycles. The van der Waals surface area contributed by atoms with E-state index in [9.17, 15) is 9.59 Å². The van der Waals surface area contributed by atoms with Crippen molar-refractivity contribution in [1.29, 1.82) is 0 Å². The molecular weight excluding hydrogens is 430 g/mol. The number of nitrogens with one attached hydrogen (secondary N) is 1. The van der Waals surface area contributed by atoms with E-state index < -0.39 is 5.97 Å². The molecule has 2 heterocycles. The normalized spacial score (nSPS) is 11.0. The van der Waals surface area contributed by atoms with Crippen LogP contribution in [-0.2, 0) is 17.8 Å². The molecule has 0 amide bonds. The third kappa shape index (κ3) is 4.49. The van der Waals surface area contributed by atoms with Crippen LogP contribution in [0.4, 0.5) is 0 Å². The van der Waals surface area contributed by atoms with Crippen molar-refractivity contribution in [3.8, 4) is 11.5 Å². The first-order valence-electron chi connectivity index (χ1n) is 10.8. The highest BCUT2D eigenvalue weighted by molar-refractivity contribution is 5.91. The van der Waals surface area contributed by atoms with Gasteiger partial charge in [0.25, 0.3) is 5.56 Å². The number of aromatic nitrogens is 3. The molecule has 0 fully saturated rings. The summed E-state index contributed by atoms with van der Waals surface area (Å²) < 4.78 is 11.0. The predicted molar refractivity (Wildman–Crippen MR) is 127 cm³/mol. The Bertz CT molecular complexity index is 1530. The molecule has 0 bridgehead atoms. The van der Waals surface area contributed by atoms with Gasteiger partial charge in [0.2, 0.25) is 5.89 Å². The Labute approximate surface area is 195 Å². The highest BCUT2D eigenvalue weighted by Gasteiger charge is 2.16. The number of carbonyl (C=O) groups excluding carboxylic acids is 1. The second-order valence-corrected chi connectivity index (χ2v) is 7.95. The van der Waals surface area contributed by atoms with E-state index >= 15 is 0 Å². The summed E-state index contributed by atoms with van der Waals surface area (Å²) in [7, 11) is 0. The zero-order valence-electron chi connectivity index (χ0n) is 18.4. The number of H-pyrrole nitrogens is 1. The van der Waals surface area contributed by atoms with Crippen molar-refractivity contribution >= 4 is 16.9 Å². The molecule has 5 rings (SSSR count). The summed E-state index contributed by atoms with van der Waals surface area (Å²) in [6.07, 6.45) is 1.77. The molecule has 1 N–H and O–H groups in total. The maximum Gasteiger partial charge on any atom is 0.338 e. The zero-order valence-corrected chi connectivity index (χ0v) is 18.4. The Kier molecular flexibility index (Phi) is 5.74. The number of hydrogen-bond donors (Lipinski definition) is 1. The van der Waals surface area contributed by atoms with Gasteiger partial charge in [0, 0.05) is 12.0 Å². The summed E-state index contributed by atoms with van der Waals surface area (Å²) in [5.74, 6) is 0.458. The number of aromatic amines is 1. The lowest BCUT2D eigenvalue weighted by Gasteiger charge is -2.09. The maximum atomic E-state index is 12.8. The fourth-order valence-electron chi connectivity index (χ4n) is 3.69. The van der Waals surface area contributed by atoms with Crippen molar-refractivity contribution in [1.82, 2.24) is 15.0 Å². The number of para-hydroxylation sites is 1. The number of carbonyl (C=O) groups is 1. The highest BCUT2D eigenvalue weighted by Crippen LogP contribution is 2.20. The largest absolute Gasteiger partial charge is 0.455 e. The van der Waals surface area contributed by atoms with Crippen LogP contribution in [0.2, 0.25) is 0 Å². The summed E-state index contributed by atoms with van der Waals surface area (Å²) in [6.45, 7) is 1.99. The number of ether oxygens (including phenoxy) is 1. The first kappa shape index (κ1) is 21.3.